The number of nitrogens with zero attached hydrogens (tertiary/aromatic N) is 2. The molecule has 3 aliphatic heterocycles. The number of ether oxygens (including phenoxy) is 1. The van der Waals surface area contributed by atoms with E-state index in [1.807, 2.05) is 0 Å². The van der Waals surface area contributed by atoms with Crippen molar-refractivity contribution in [3.8, 4) is 5.75 Å². The van der Waals surface area contributed by atoms with Crippen molar-refractivity contribution in [1.82, 2.24) is 15.1 Å². The highest BCUT2D eigenvalue weighted by atomic mass is 32.2. The van der Waals surface area contributed by atoms with Crippen LogP contribution in [0.4, 0.5) is 18.0 Å². The topological polar surface area (TPSA) is 96.0 Å². The van der Waals surface area contributed by atoms with Gasteiger partial charge >= 0.3 is 12.4 Å². The third-order valence-electron chi connectivity index (χ3n) is 6.94. The number of amides is 3. The Bertz CT molecular complexity index is 1070. The van der Waals surface area contributed by atoms with Crippen molar-refractivity contribution in [3.63, 3.8) is 0 Å². The monoisotopic (exact) mass is 473 g/mol. The van der Waals surface area contributed by atoms with Crippen molar-refractivity contribution in [2.75, 3.05) is 26.2 Å². The lowest BCUT2D eigenvalue weighted by Crippen LogP contribution is -2.74. The maximum absolute atomic E-state index is 12.8. The predicted octanol–water partition coefficient (Wildman–Crippen LogP) is 1.91. The van der Waals surface area contributed by atoms with Crippen LogP contribution in [0, 0.1) is 5.41 Å². The molecule has 8 nitrogen and oxygen atoms in total. The van der Waals surface area contributed by atoms with Crippen LogP contribution in [0.2, 0.25) is 0 Å². The van der Waals surface area contributed by atoms with E-state index in [2.05, 4.69) is 10.1 Å². The summed E-state index contributed by atoms with van der Waals surface area (Å²) in [7, 11) is -3.80. The molecule has 2 spiro atoms. The number of nitrogens with one attached hydrogen (secondary N) is 1. The molecule has 12 heteroatoms. The Balaban J connectivity index is 1.15. The van der Waals surface area contributed by atoms with Crippen molar-refractivity contribution in [3.05, 3.63) is 24.3 Å². The van der Waals surface area contributed by atoms with E-state index in [0.29, 0.717) is 45.4 Å². The van der Waals surface area contributed by atoms with Crippen molar-refractivity contribution < 1.29 is 35.9 Å². The standard InChI is InChI=1S/C20H22F3N3O5S/c21-20(22,23)31-13-2-1-3-14(6-13)32(29,30)15-7-18(8-15)9-25(10-18)17(28)26-11-19(12-26)5-4-16(27)24-19/h1-3,6,15H,4-5,7-12H2,(H,24,27). The van der Waals surface area contributed by atoms with Gasteiger partial charge in [0.25, 0.3) is 0 Å². The van der Waals surface area contributed by atoms with Gasteiger partial charge in [-0.15, -0.1) is 13.2 Å². The fourth-order valence-corrected chi connectivity index (χ4v) is 7.43. The molecule has 32 heavy (non-hydrogen) atoms. The summed E-state index contributed by atoms with van der Waals surface area (Å²) in [4.78, 5) is 27.2. The molecule has 0 radical (unpaired) electrons. The molecule has 1 aliphatic carbocycles. The molecule has 4 aliphatic rings. The molecule has 0 bridgehead atoms. The van der Waals surface area contributed by atoms with E-state index in [9.17, 15) is 31.2 Å². The Morgan fingerprint density at radius 1 is 1.12 bits per heavy atom. The molecule has 174 valence electrons. The Labute approximate surface area is 182 Å². The maximum atomic E-state index is 12.8. The first-order valence-corrected chi connectivity index (χ1v) is 11.9. The summed E-state index contributed by atoms with van der Waals surface area (Å²) in [5.41, 5.74) is -0.535. The number of halogens is 3. The highest BCUT2D eigenvalue weighted by molar-refractivity contribution is 7.92. The minimum atomic E-state index is -4.90. The van der Waals surface area contributed by atoms with Crippen LogP contribution >= 0.6 is 0 Å². The van der Waals surface area contributed by atoms with E-state index in [1.165, 1.54) is 12.1 Å². The van der Waals surface area contributed by atoms with Crippen LogP contribution in [0.25, 0.3) is 0 Å². The first-order chi connectivity index (χ1) is 14.9. The average molecular weight is 473 g/mol. The molecule has 3 amide bonds. The molecule has 1 aromatic rings. The molecule has 1 saturated carbocycles. The average Bonchev–Trinajstić information content (AvgIpc) is 2.98. The van der Waals surface area contributed by atoms with E-state index in [-0.39, 0.29) is 27.8 Å². The molecule has 3 heterocycles. The first kappa shape index (κ1) is 21.4. The van der Waals surface area contributed by atoms with E-state index in [0.717, 1.165) is 18.6 Å². The minimum Gasteiger partial charge on any atom is -0.406 e. The molecule has 0 unspecified atom stereocenters. The second-order valence-electron chi connectivity index (χ2n) is 9.42. The summed E-state index contributed by atoms with van der Waals surface area (Å²) < 4.78 is 66.8. The summed E-state index contributed by atoms with van der Waals surface area (Å²) in [5, 5.41) is 2.24. The number of hydrogen-bond donors (Lipinski definition) is 1. The second kappa shape index (κ2) is 6.75. The van der Waals surface area contributed by atoms with Gasteiger partial charge in [0.15, 0.2) is 9.84 Å². The molecule has 0 aromatic heterocycles. The largest absolute Gasteiger partial charge is 0.573 e. The third kappa shape index (κ3) is 3.57. The lowest BCUT2D eigenvalue weighted by atomic mass is 9.63. The summed E-state index contributed by atoms with van der Waals surface area (Å²) in [6.07, 6.45) is -2.96. The Morgan fingerprint density at radius 3 is 2.38 bits per heavy atom. The van der Waals surface area contributed by atoms with Gasteiger partial charge in [-0.25, -0.2) is 13.2 Å². The van der Waals surface area contributed by atoms with E-state index in [1.54, 1.807) is 9.80 Å². The van der Waals surface area contributed by atoms with Gasteiger partial charge in [-0.1, -0.05) is 6.07 Å². The van der Waals surface area contributed by atoms with Crippen molar-refractivity contribution in [1.29, 1.82) is 0 Å². The normalized spacial score (nSPS) is 24.0. The van der Waals surface area contributed by atoms with Gasteiger partial charge in [-0.2, -0.15) is 0 Å². The first-order valence-electron chi connectivity index (χ1n) is 10.3. The zero-order valence-corrected chi connectivity index (χ0v) is 17.8. The summed E-state index contributed by atoms with van der Waals surface area (Å²) in [6, 6.07) is 4.33. The number of sulfone groups is 1. The summed E-state index contributed by atoms with van der Waals surface area (Å²) in [5.74, 6) is -0.559. The Kier molecular flexibility index (Phi) is 4.50. The zero-order valence-electron chi connectivity index (χ0n) is 17.0. The number of benzene rings is 1. The van der Waals surface area contributed by atoms with Crippen molar-refractivity contribution in [2.45, 2.75) is 47.7 Å². The van der Waals surface area contributed by atoms with Crippen molar-refractivity contribution in [2.24, 2.45) is 5.41 Å². The van der Waals surface area contributed by atoms with Crippen LogP contribution in [0.5, 0.6) is 5.75 Å². The second-order valence-corrected chi connectivity index (χ2v) is 11.6. The molecule has 3 saturated heterocycles. The van der Waals surface area contributed by atoms with Crippen LogP contribution in [0.15, 0.2) is 29.2 Å². The Morgan fingerprint density at radius 2 is 1.78 bits per heavy atom. The van der Waals surface area contributed by atoms with Crippen molar-refractivity contribution >= 4 is 21.8 Å². The molecule has 1 N–H and O–H groups in total. The van der Waals surface area contributed by atoms with Crippen LogP contribution in [-0.4, -0.2) is 73.5 Å². The zero-order chi connectivity index (χ0) is 22.9. The van der Waals surface area contributed by atoms with Crippen LogP contribution < -0.4 is 10.1 Å². The quantitative estimate of drug-likeness (QED) is 0.724. The van der Waals surface area contributed by atoms with E-state index >= 15 is 0 Å². The fraction of sp³-hybridized carbons (Fsp3) is 0.600. The smallest absolute Gasteiger partial charge is 0.406 e. The van der Waals surface area contributed by atoms with Gasteiger partial charge < -0.3 is 19.9 Å². The van der Waals surface area contributed by atoms with Gasteiger partial charge in [0, 0.05) is 38.0 Å². The Hall–Kier alpha value is -2.50. The number of urea groups is 1. The highest BCUT2D eigenvalue weighted by Gasteiger charge is 2.59. The number of carbonyl (C=O) groups excluding carboxylic acids is 2. The highest BCUT2D eigenvalue weighted by Crippen LogP contribution is 2.52. The summed E-state index contributed by atoms with van der Waals surface area (Å²) >= 11 is 0. The predicted molar refractivity (Wildman–Crippen MR) is 104 cm³/mol. The van der Waals surface area contributed by atoms with Gasteiger partial charge in [0.1, 0.15) is 5.75 Å². The van der Waals surface area contributed by atoms with Crippen LogP contribution in [0.3, 0.4) is 0 Å². The van der Waals surface area contributed by atoms with Crippen LogP contribution in [0.1, 0.15) is 25.7 Å². The fourth-order valence-electron chi connectivity index (χ4n) is 5.35. The molecule has 4 fully saturated rings. The van der Waals surface area contributed by atoms with E-state index < -0.39 is 27.2 Å². The SMILES string of the molecule is O=C1CCC2(CN(C(=O)N3CC4(CC(S(=O)(=O)c5cccc(OC(F)(F)F)c5)C4)C3)C2)N1. The lowest BCUT2D eigenvalue weighted by Gasteiger charge is -2.60. The van der Waals surface area contributed by atoms with Gasteiger partial charge in [0.05, 0.1) is 15.7 Å². The molecule has 0 atom stereocenters. The minimum absolute atomic E-state index is 0.0113. The molecule has 5 rings (SSSR count). The number of likely N-dealkylation sites (tertiary alicyclic amines) is 2. The third-order valence-corrected chi connectivity index (χ3v) is 9.07. The molecular formula is C20H22F3N3O5S. The summed E-state index contributed by atoms with van der Waals surface area (Å²) in [6.45, 7) is 1.92. The van der Waals surface area contributed by atoms with E-state index in [4.69, 9.17) is 0 Å². The van der Waals surface area contributed by atoms with Gasteiger partial charge in [-0.05, 0) is 37.5 Å². The number of rotatable bonds is 3. The molecular weight excluding hydrogens is 451 g/mol. The number of alkyl halides is 3. The number of carbonyl (C=O) groups is 2. The molecule has 1 aromatic carbocycles. The van der Waals surface area contributed by atoms with Gasteiger partial charge in [0.2, 0.25) is 5.91 Å². The lowest BCUT2D eigenvalue weighted by molar-refractivity contribution is -0.274. The maximum Gasteiger partial charge on any atom is 0.573 e. The number of hydrogen-bond acceptors (Lipinski definition) is 5. The van der Waals surface area contributed by atoms with Crippen LogP contribution in [-0.2, 0) is 14.6 Å². The van der Waals surface area contributed by atoms with Gasteiger partial charge in [-0.3, -0.25) is 4.79 Å².